The van der Waals surface area contributed by atoms with Gasteiger partial charge in [0.2, 0.25) is 5.91 Å². The van der Waals surface area contributed by atoms with Gasteiger partial charge in [-0.2, -0.15) is 0 Å². The first-order valence-electron chi connectivity index (χ1n) is 8.49. The highest BCUT2D eigenvalue weighted by molar-refractivity contribution is 5.94. The third-order valence-corrected chi connectivity index (χ3v) is 4.97. The van der Waals surface area contributed by atoms with Crippen LogP contribution in [-0.4, -0.2) is 59.9 Å². The van der Waals surface area contributed by atoms with E-state index in [1.807, 2.05) is 47.1 Å². The third-order valence-electron chi connectivity index (χ3n) is 4.97. The average molecular weight is 352 g/mol. The second-order valence-corrected chi connectivity index (χ2v) is 6.67. The zero-order chi connectivity index (χ0) is 16.3. The molecule has 5 nitrogen and oxygen atoms in total. The van der Waals surface area contributed by atoms with Gasteiger partial charge < -0.3 is 15.1 Å². The van der Waals surface area contributed by atoms with Crippen molar-refractivity contribution >= 4 is 24.2 Å². The Hall–Kier alpha value is -1.59. The van der Waals surface area contributed by atoms with Gasteiger partial charge in [0.05, 0.1) is 5.54 Å². The van der Waals surface area contributed by atoms with Crippen molar-refractivity contribution in [2.75, 3.05) is 32.7 Å². The highest BCUT2D eigenvalue weighted by Gasteiger charge is 2.38. The molecule has 0 aliphatic carbocycles. The summed E-state index contributed by atoms with van der Waals surface area (Å²) in [4.78, 5) is 29.0. The lowest BCUT2D eigenvalue weighted by molar-refractivity contribution is -0.140. The summed E-state index contributed by atoms with van der Waals surface area (Å²) in [6.45, 7) is 5.37. The molecule has 0 bridgehead atoms. The summed E-state index contributed by atoms with van der Waals surface area (Å²) in [5, 5.41) is 3.38. The van der Waals surface area contributed by atoms with Crippen LogP contribution in [0.2, 0.25) is 0 Å². The molecule has 3 rings (SSSR count). The molecule has 0 radical (unpaired) electrons. The number of nitrogens with one attached hydrogen (secondary N) is 1. The predicted octanol–water partition coefficient (Wildman–Crippen LogP) is 1.92. The molecule has 2 aliphatic heterocycles. The number of rotatable bonds is 2. The van der Waals surface area contributed by atoms with Crippen molar-refractivity contribution in [2.45, 2.75) is 31.7 Å². The van der Waals surface area contributed by atoms with E-state index in [2.05, 4.69) is 5.32 Å². The molecule has 2 aliphatic rings. The van der Waals surface area contributed by atoms with E-state index in [0.29, 0.717) is 31.7 Å². The van der Waals surface area contributed by atoms with E-state index >= 15 is 0 Å². The molecule has 2 saturated heterocycles. The Morgan fingerprint density at radius 2 is 1.62 bits per heavy atom. The largest absolute Gasteiger partial charge is 0.338 e. The van der Waals surface area contributed by atoms with Gasteiger partial charge in [0.1, 0.15) is 0 Å². The maximum Gasteiger partial charge on any atom is 0.253 e. The summed E-state index contributed by atoms with van der Waals surface area (Å²) in [5.41, 5.74) is 0.289. The maximum absolute atomic E-state index is 12.8. The molecule has 24 heavy (non-hydrogen) atoms. The average Bonchev–Trinajstić information content (AvgIpc) is 2.62. The van der Waals surface area contributed by atoms with E-state index in [9.17, 15) is 9.59 Å². The molecule has 0 aromatic heterocycles. The van der Waals surface area contributed by atoms with Crippen LogP contribution in [0, 0.1) is 0 Å². The van der Waals surface area contributed by atoms with E-state index in [1.165, 1.54) is 0 Å². The number of nitrogens with zero attached hydrogens (tertiary/aromatic N) is 2. The van der Waals surface area contributed by atoms with Gasteiger partial charge >= 0.3 is 0 Å². The molecule has 0 spiro atoms. The Morgan fingerprint density at radius 3 is 2.21 bits per heavy atom. The van der Waals surface area contributed by atoms with E-state index in [4.69, 9.17) is 0 Å². The fourth-order valence-electron chi connectivity index (χ4n) is 3.46. The minimum absolute atomic E-state index is 0. The van der Waals surface area contributed by atoms with Gasteiger partial charge in [-0.25, -0.2) is 0 Å². The maximum atomic E-state index is 12.8. The summed E-state index contributed by atoms with van der Waals surface area (Å²) in [7, 11) is 0. The number of amides is 2. The minimum Gasteiger partial charge on any atom is -0.338 e. The van der Waals surface area contributed by atoms with Crippen molar-refractivity contribution in [1.82, 2.24) is 15.1 Å². The first-order chi connectivity index (χ1) is 11.1. The van der Waals surface area contributed by atoms with Gasteiger partial charge in [0.25, 0.3) is 5.91 Å². The Balaban J connectivity index is 0.00000208. The highest BCUT2D eigenvalue weighted by atomic mass is 35.5. The van der Waals surface area contributed by atoms with E-state index in [-0.39, 0.29) is 24.2 Å². The van der Waals surface area contributed by atoms with Crippen LogP contribution in [-0.2, 0) is 4.79 Å². The lowest BCUT2D eigenvalue weighted by Crippen LogP contribution is -2.61. The van der Waals surface area contributed by atoms with Crippen molar-refractivity contribution in [3.8, 4) is 0 Å². The van der Waals surface area contributed by atoms with Crippen molar-refractivity contribution < 1.29 is 9.59 Å². The summed E-state index contributed by atoms with van der Waals surface area (Å²) in [5.74, 6) is 0.240. The molecule has 1 unspecified atom stereocenters. The summed E-state index contributed by atoms with van der Waals surface area (Å²) >= 11 is 0. The summed E-state index contributed by atoms with van der Waals surface area (Å²) in [6, 6.07) is 9.34. The number of benzene rings is 1. The number of hydrogen-bond acceptors (Lipinski definition) is 3. The van der Waals surface area contributed by atoms with Gasteiger partial charge in [0, 0.05) is 31.7 Å². The molecule has 1 aromatic rings. The van der Waals surface area contributed by atoms with Crippen LogP contribution in [0.4, 0.5) is 0 Å². The molecule has 132 valence electrons. The van der Waals surface area contributed by atoms with Crippen molar-refractivity contribution in [2.24, 2.45) is 0 Å². The highest BCUT2D eigenvalue weighted by Crippen LogP contribution is 2.22. The number of piperidine rings is 1. The standard InChI is InChI=1S/C18H25N3O2.ClH/c1-18(9-5-6-10-19-18)17(23)21-13-11-20(12-14-21)16(22)15-7-3-2-4-8-15;/h2-4,7-8,19H,5-6,9-14H2,1H3;1H. The van der Waals surface area contributed by atoms with Crippen molar-refractivity contribution in [1.29, 1.82) is 0 Å². The fraction of sp³-hybridized carbons (Fsp3) is 0.556. The zero-order valence-electron chi connectivity index (χ0n) is 14.2. The van der Waals surface area contributed by atoms with Gasteiger partial charge in [-0.05, 0) is 44.9 Å². The van der Waals surface area contributed by atoms with Gasteiger partial charge in [-0.15, -0.1) is 12.4 Å². The van der Waals surface area contributed by atoms with Crippen LogP contribution in [0.3, 0.4) is 0 Å². The third kappa shape index (κ3) is 3.90. The molecular weight excluding hydrogens is 326 g/mol. The van der Waals surface area contributed by atoms with Crippen LogP contribution in [0.15, 0.2) is 30.3 Å². The smallest absolute Gasteiger partial charge is 0.253 e. The Bertz CT molecular complexity index is 565. The molecular formula is C18H26ClN3O2. The number of hydrogen-bond donors (Lipinski definition) is 1. The molecule has 2 amide bonds. The van der Waals surface area contributed by atoms with Crippen LogP contribution in [0.25, 0.3) is 0 Å². The second-order valence-electron chi connectivity index (χ2n) is 6.67. The summed E-state index contributed by atoms with van der Waals surface area (Å²) < 4.78 is 0. The van der Waals surface area contributed by atoms with E-state index in [0.717, 1.165) is 25.8 Å². The number of halogens is 1. The number of carbonyl (C=O) groups is 2. The van der Waals surface area contributed by atoms with E-state index in [1.54, 1.807) is 0 Å². The molecule has 0 saturated carbocycles. The molecule has 6 heteroatoms. The van der Waals surface area contributed by atoms with Crippen LogP contribution in [0.1, 0.15) is 36.5 Å². The van der Waals surface area contributed by atoms with Crippen molar-refractivity contribution in [3.05, 3.63) is 35.9 Å². The molecule has 1 atom stereocenters. The fourth-order valence-corrected chi connectivity index (χ4v) is 3.46. The lowest BCUT2D eigenvalue weighted by Gasteiger charge is -2.41. The minimum atomic E-state index is -0.427. The first kappa shape index (κ1) is 18.7. The topological polar surface area (TPSA) is 52.7 Å². The van der Waals surface area contributed by atoms with Crippen LogP contribution in [0.5, 0.6) is 0 Å². The van der Waals surface area contributed by atoms with Crippen molar-refractivity contribution in [3.63, 3.8) is 0 Å². The van der Waals surface area contributed by atoms with Crippen LogP contribution < -0.4 is 5.32 Å². The molecule has 2 fully saturated rings. The normalized spacial score (nSPS) is 24.2. The van der Waals surface area contributed by atoms with Gasteiger partial charge in [-0.1, -0.05) is 18.2 Å². The monoisotopic (exact) mass is 351 g/mol. The SMILES string of the molecule is CC1(C(=O)N2CCN(C(=O)c3ccccc3)CC2)CCCCN1.Cl. The Morgan fingerprint density at radius 1 is 1.00 bits per heavy atom. The predicted molar refractivity (Wildman–Crippen MR) is 96.4 cm³/mol. The molecule has 1 aromatic carbocycles. The molecule has 2 heterocycles. The first-order valence-corrected chi connectivity index (χ1v) is 8.49. The number of piperazine rings is 1. The quantitative estimate of drug-likeness (QED) is 0.885. The van der Waals surface area contributed by atoms with Gasteiger partial charge in [-0.3, -0.25) is 9.59 Å². The second kappa shape index (κ2) is 7.99. The summed E-state index contributed by atoms with van der Waals surface area (Å²) in [6.07, 6.45) is 3.14. The lowest BCUT2D eigenvalue weighted by atomic mass is 9.89. The Labute approximate surface area is 149 Å². The Kier molecular flexibility index (Phi) is 6.24. The van der Waals surface area contributed by atoms with Crippen LogP contribution >= 0.6 is 12.4 Å². The van der Waals surface area contributed by atoms with Gasteiger partial charge in [0.15, 0.2) is 0 Å². The number of carbonyl (C=O) groups excluding carboxylic acids is 2. The molecule has 1 N–H and O–H groups in total. The zero-order valence-corrected chi connectivity index (χ0v) is 15.0. The van der Waals surface area contributed by atoms with E-state index < -0.39 is 5.54 Å².